The van der Waals surface area contributed by atoms with Crippen LogP contribution in [0.4, 0.5) is 11.9 Å². The van der Waals surface area contributed by atoms with Gasteiger partial charge >= 0.3 is 0 Å². The van der Waals surface area contributed by atoms with Crippen molar-refractivity contribution in [3.63, 3.8) is 0 Å². The Morgan fingerprint density at radius 3 is 2.74 bits per heavy atom. The van der Waals surface area contributed by atoms with Crippen molar-refractivity contribution >= 4 is 23.5 Å². The lowest BCUT2D eigenvalue weighted by Crippen LogP contribution is -2.27. The molecule has 1 saturated carbocycles. The molecule has 0 saturated heterocycles. The highest BCUT2D eigenvalue weighted by atomic mass is 35.5. The molecule has 0 radical (unpaired) electrons. The highest BCUT2D eigenvalue weighted by molar-refractivity contribution is 6.28. The van der Waals surface area contributed by atoms with Gasteiger partial charge in [-0.2, -0.15) is 15.0 Å². The average molecular weight is 284 g/mol. The molecule has 2 unspecified atom stereocenters. The summed E-state index contributed by atoms with van der Waals surface area (Å²) in [5.74, 6) is 1.90. The highest BCUT2D eigenvalue weighted by Gasteiger charge is 2.19. The van der Waals surface area contributed by atoms with Crippen molar-refractivity contribution in [2.75, 3.05) is 17.2 Å². The SMILES string of the molecule is CCCNc1nc(Cl)nc(NC2CCCC(C)C2)n1. The molecule has 2 atom stereocenters. The number of nitrogens with zero attached hydrogens (tertiary/aromatic N) is 3. The molecule has 1 heterocycles. The Hall–Kier alpha value is -1.10. The summed E-state index contributed by atoms with van der Waals surface area (Å²) >= 11 is 5.93. The molecule has 0 bridgehead atoms. The first-order chi connectivity index (χ1) is 9.17. The second-order valence-corrected chi connectivity index (χ2v) is 5.63. The minimum absolute atomic E-state index is 0.236. The second kappa shape index (κ2) is 6.89. The van der Waals surface area contributed by atoms with Gasteiger partial charge in [0.05, 0.1) is 0 Å². The fourth-order valence-corrected chi connectivity index (χ4v) is 2.64. The summed E-state index contributed by atoms with van der Waals surface area (Å²) < 4.78 is 0. The normalized spacial score (nSPS) is 23.1. The van der Waals surface area contributed by atoms with Crippen molar-refractivity contribution < 1.29 is 0 Å². The van der Waals surface area contributed by atoms with Crippen LogP contribution in [0.2, 0.25) is 5.28 Å². The Balaban J connectivity index is 2.00. The van der Waals surface area contributed by atoms with E-state index in [1.54, 1.807) is 0 Å². The Kier molecular flexibility index (Phi) is 5.19. The molecule has 5 nitrogen and oxygen atoms in total. The van der Waals surface area contributed by atoms with Gasteiger partial charge in [-0.1, -0.05) is 26.7 Å². The Morgan fingerprint density at radius 2 is 2.00 bits per heavy atom. The maximum atomic E-state index is 5.93. The number of halogens is 1. The summed E-state index contributed by atoms with van der Waals surface area (Å²) in [4.78, 5) is 12.6. The van der Waals surface area contributed by atoms with Gasteiger partial charge in [0.25, 0.3) is 0 Å². The van der Waals surface area contributed by atoms with Gasteiger partial charge in [0.2, 0.25) is 17.2 Å². The largest absolute Gasteiger partial charge is 0.354 e. The third-order valence-electron chi connectivity index (χ3n) is 3.41. The molecule has 1 aromatic rings. The van der Waals surface area contributed by atoms with Gasteiger partial charge in [0, 0.05) is 12.6 Å². The maximum Gasteiger partial charge on any atom is 0.229 e. The van der Waals surface area contributed by atoms with E-state index < -0.39 is 0 Å². The first-order valence-electron chi connectivity index (χ1n) is 7.09. The molecule has 1 aliphatic carbocycles. The van der Waals surface area contributed by atoms with Gasteiger partial charge in [-0.15, -0.1) is 0 Å². The minimum Gasteiger partial charge on any atom is -0.354 e. The molecule has 0 aromatic carbocycles. The summed E-state index contributed by atoms with van der Waals surface area (Å²) in [6.45, 7) is 5.22. The molecule has 1 aliphatic rings. The van der Waals surface area contributed by atoms with Crippen LogP contribution in [0.25, 0.3) is 0 Å². The van der Waals surface area contributed by atoms with E-state index in [1.165, 1.54) is 25.7 Å². The van der Waals surface area contributed by atoms with Gasteiger partial charge in [0.15, 0.2) is 0 Å². The smallest absolute Gasteiger partial charge is 0.229 e. The van der Waals surface area contributed by atoms with Crippen molar-refractivity contribution in [2.45, 2.75) is 52.0 Å². The van der Waals surface area contributed by atoms with E-state index in [4.69, 9.17) is 11.6 Å². The quantitative estimate of drug-likeness (QED) is 0.868. The summed E-state index contributed by atoms with van der Waals surface area (Å²) in [7, 11) is 0. The first kappa shape index (κ1) is 14.3. The fraction of sp³-hybridized carbons (Fsp3) is 0.769. The van der Waals surface area contributed by atoms with Gasteiger partial charge in [-0.3, -0.25) is 0 Å². The van der Waals surface area contributed by atoms with Crippen LogP contribution >= 0.6 is 11.6 Å². The molecule has 1 aromatic heterocycles. The van der Waals surface area contributed by atoms with E-state index in [1.807, 2.05) is 0 Å². The van der Waals surface area contributed by atoms with Crippen LogP contribution in [0, 0.1) is 5.92 Å². The van der Waals surface area contributed by atoms with Crippen LogP contribution in [0.3, 0.4) is 0 Å². The molecule has 2 rings (SSSR count). The summed E-state index contributed by atoms with van der Waals surface area (Å²) in [6, 6.07) is 0.446. The predicted octanol–water partition coefficient (Wildman–Crippen LogP) is 3.34. The number of aromatic nitrogens is 3. The van der Waals surface area contributed by atoms with Gasteiger partial charge in [-0.05, 0) is 36.8 Å². The lowest BCUT2D eigenvalue weighted by molar-refractivity contribution is 0.357. The van der Waals surface area contributed by atoms with Crippen molar-refractivity contribution in [2.24, 2.45) is 5.92 Å². The second-order valence-electron chi connectivity index (χ2n) is 5.29. The zero-order valence-corrected chi connectivity index (χ0v) is 12.4. The van der Waals surface area contributed by atoms with E-state index in [-0.39, 0.29) is 5.28 Å². The van der Waals surface area contributed by atoms with E-state index in [0.717, 1.165) is 18.9 Å². The monoisotopic (exact) mass is 283 g/mol. The van der Waals surface area contributed by atoms with Gasteiger partial charge < -0.3 is 10.6 Å². The Bertz CT molecular complexity index is 412. The van der Waals surface area contributed by atoms with Crippen LogP contribution in [0.1, 0.15) is 46.0 Å². The highest BCUT2D eigenvalue weighted by Crippen LogP contribution is 2.25. The molecule has 0 aliphatic heterocycles. The first-order valence-corrected chi connectivity index (χ1v) is 7.47. The lowest BCUT2D eigenvalue weighted by atomic mass is 9.87. The topological polar surface area (TPSA) is 62.7 Å². The Morgan fingerprint density at radius 1 is 1.21 bits per heavy atom. The molecule has 0 amide bonds. The van der Waals surface area contributed by atoms with Crippen LogP contribution in [-0.2, 0) is 0 Å². The summed E-state index contributed by atoms with van der Waals surface area (Å²) in [5, 5.41) is 6.75. The Labute approximate surface area is 119 Å². The van der Waals surface area contributed by atoms with Gasteiger partial charge in [0.1, 0.15) is 0 Å². The van der Waals surface area contributed by atoms with Crippen LogP contribution in [-0.4, -0.2) is 27.5 Å². The summed E-state index contributed by atoms with van der Waals surface area (Å²) in [5.41, 5.74) is 0. The third kappa shape index (κ3) is 4.49. The molecule has 106 valence electrons. The van der Waals surface area contributed by atoms with Crippen molar-refractivity contribution in [1.29, 1.82) is 0 Å². The number of anilines is 2. The van der Waals surface area contributed by atoms with Crippen molar-refractivity contribution in [1.82, 2.24) is 15.0 Å². The van der Waals surface area contributed by atoms with E-state index in [2.05, 4.69) is 39.4 Å². The number of nitrogens with one attached hydrogen (secondary N) is 2. The summed E-state index contributed by atoms with van der Waals surface area (Å²) in [6.07, 6.45) is 5.94. The minimum atomic E-state index is 0.236. The molecule has 0 spiro atoms. The van der Waals surface area contributed by atoms with Gasteiger partial charge in [-0.25, -0.2) is 0 Å². The molecule has 1 fully saturated rings. The maximum absolute atomic E-state index is 5.93. The van der Waals surface area contributed by atoms with E-state index >= 15 is 0 Å². The lowest BCUT2D eigenvalue weighted by Gasteiger charge is -2.27. The third-order valence-corrected chi connectivity index (χ3v) is 3.58. The van der Waals surface area contributed by atoms with Crippen LogP contribution in [0.5, 0.6) is 0 Å². The zero-order valence-electron chi connectivity index (χ0n) is 11.6. The van der Waals surface area contributed by atoms with E-state index in [0.29, 0.717) is 17.9 Å². The van der Waals surface area contributed by atoms with Crippen LogP contribution in [0.15, 0.2) is 0 Å². The fourth-order valence-electron chi connectivity index (χ4n) is 2.48. The van der Waals surface area contributed by atoms with Crippen molar-refractivity contribution in [3.8, 4) is 0 Å². The molecule has 2 N–H and O–H groups in total. The number of hydrogen-bond donors (Lipinski definition) is 2. The number of hydrogen-bond acceptors (Lipinski definition) is 5. The number of rotatable bonds is 5. The molecule has 19 heavy (non-hydrogen) atoms. The van der Waals surface area contributed by atoms with E-state index in [9.17, 15) is 0 Å². The van der Waals surface area contributed by atoms with Crippen molar-refractivity contribution in [3.05, 3.63) is 5.28 Å². The molecular formula is C13H22ClN5. The molecule has 6 heteroatoms. The molecular weight excluding hydrogens is 262 g/mol. The predicted molar refractivity (Wildman–Crippen MR) is 78.7 cm³/mol. The average Bonchev–Trinajstić information content (AvgIpc) is 2.35. The van der Waals surface area contributed by atoms with Crippen LogP contribution < -0.4 is 10.6 Å². The standard InChI is InChI=1S/C13H22ClN5/c1-3-7-15-12-17-11(14)18-13(19-12)16-10-6-4-5-9(2)8-10/h9-10H,3-8H2,1-2H3,(H2,15,16,17,18,19). The zero-order chi connectivity index (χ0) is 13.7.